The van der Waals surface area contributed by atoms with Crippen LogP contribution in [0.2, 0.25) is 5.02 Å². The topological polar surface area (TPSA) is 65.2 Å². The van der Waals surface area contributed by atoms with Crippen molar-refractivity contribution >= 4 is 17.6 Å². The highest BCUT2D eigenvalue weighted by Gasteiger charge is 2.29. The van der Waals surface area contributed by atoms with E-state index < -0.39 is 11.9 Å². The Labute approximate surface area is 115 Å². The predicted octanol–water partition coefficient (Wildman–Crippen LogP) is 2.73. The van der Waals surface area contributed by atoms with Gasteiger partial charge >= 0.3 is 5.97 Å². The fourth-order valence-corrected chi connectivity index (χ4v) is 1.82. The average molecular weight is 281 g/mol. The lowest BCUT2D eigenvalue weighted by Crippen LogP contribution is -2.17. The van der Waals surface area contributed by atoms with Gasteiger partial charge in [0.25, 0.3) is 0 Å². The maximum atomic E-state index is 12.1. The Morgan fingerprint density at radius 1 is 1.42 bits per heavy atom. The molecule has 0 aliphatic carbocycles. The molecule has 1 unspecified atom stereocenters. The Morgan fingerprint density at radius 2 is 2.11 bits per heavy atom. The van der Waals surface area contributed by atoms with Gasteiger partial charge in [-0.25, -0.2) is 0 Å². The van der Waals surface area contributed by atoms with Crippen LogP contribution in [0.25, 0.3) is 0 Å². The zero-order valence-corrected chi connectivity index (χ0v) is 11.3. The van der Waals surface area contributed by atoms with Crippen LogP contribution in [0.1, 0.15) is 30.1 Å². The van der Waals surface area contributed by atoms with Crippen LogP contribution in [0.4, 0.5) is 0 Å². The Balaban J connectivity index is 2.39. The fourth-order valence-electron chi connectivity index (χ4n) is 1.69. The molecule has 0 amide bonds. The van der Waals surface area contributed by atoms with Crippen molar-refractivity contribution in [2.75, 3.05) is 6.61 Å². The standard InChI is InChI=1S/C13H13ClN2O3/c1-3-18-13(17)11(12-15-8(2)16-19-12)9-4-6-10(14)7-5-9/h4-7,11H,3H2,1-2H3. The molecule has 1 atom stereocenters. The van der Waals surface area contributed by atoms with Gasteiger partial charge in [-0.15, -0.1) is 0 Å². The van der Waals surface area contributed by atoms with Crippen LogP contribution in [0, 0.1) is 6.92 Å². The number of esters is 1. The fraction of sp³-hybridized carbons (Fsp3) is 0.308. The Kier molecular flexibility index (Phi) is 4.16. The van der Waals surface area contributed by atoms with Crippen LogP contribution < -0.4 is 0 Å². The number of aromatic nitrogens is 2. The molecule has 0 spiro atoms. The molecule has 1 aromatic heterocycles. The van der Waals surface area contributed by atoms with Crippen molar-refractivity contribution < 1.29 is 14.1 Å². The molecule has 0 N–H and O–H groups in total. The summed E-state index contributed by atoms with van der Waals surface area (Å²) in [6.45, 7) is 3.73. The molecular weight excluding hydrogens is 268 g/mol. The normalized spacial score (nSPS) is 12.2. The van der Waals surface area contributed by atoms with E-state index in [-0.39, 0.29) is 12.5 Å². The molecule has 2 rings (SSSR count). The SMILES string of the molecule is CCOC(=O)C(c1ccc(Cl)cc1)c1nc(C)no1. The molecule has 0 radical (unpaired) electrons. The van der Waals surface area contributed by atoms with Gasteiger partial charge in [0.05, 0.1) is 6.61 Å². The largest absolute Gasteiger partial charge is 0.465 e. The van der Waals surface area contributed by atoms with Gasteiger partial charge in [0, 0.05) is 5.02 Å². The van der Waals surface area contributed by atoms with Gasteiger partial charge in [0.15, 0.2) is 11.7 Å². The smallest absolute Gasteiger partial charge is 0.323 e. The lowest BCUT2D eigenvalue weighted by Gasteiger charge is -2.12. The molecule has 1 heterocycles. The predicted molar refractivity (Wildman–Crippen MR) is 69.0 cm³/mol. The van der Waals surface area contributed by atoms with Crippen molar-refractivity contribution in [3.63, 3.8) is 0 Å². The number of ether oxygens (including phenoxy) is 1. The lowest BCUT2D eigenvalue weighted by atomic mass is 9.99. The zero-order valence-electron chi connectivity index (χ0n) is 10.6. The molecule has 0 bridgehead atoms. The molecule has 2 aromatic rings. The van der Waals surface area contributed by atoms with E-state index in [4.69, 9.17) is 20.9 Å². The Hall–Kier alpha value is -1.88. The third-order valence-corrected chi connectivity index (χ3v) is 2.77. The van der Waals surface area contributed by atoms with Crippen molar-refractivity contribution in [3.05, 3.63) is 46.6 Å². The summed E-state index contributed by atoms with van der Waals surface area (Å²) in [5, 5.41) is 4.29. The molecule has 19 heavy (non-hydrogen) atoms. The van der Waals surface area contributed by atoms with Crippen molar-refractivity contribution in [2.24, 2.45) is 0 Å². The molecule has 0 aliphatic heterocycles. The van der Waals surface area contributed by atoms with Crippen molar-refractivity contribution in [1.29, 1.82) is 0 Å². The first-order valence-corrected chi connectivity index (χ1v) is 6.22. The Bertz CT molecular complexity index is 566. The average Bonchev–Trinajstić information content (AvgIpc) is 2.79. The van der Waals surface area contributed by atoms with E-state index in [0.29, 0.717) is 16.4 Å². The van der Waals surface area contributed by atoms with Gasteiger partial charge in [0.2, 0.25) is 5.89 Å². The van der Waals surface area contributed by atoms with Crippen molar-refractivity contribution in [2.45, 2.75) is 19.8 Å². The van der Waals surface area contributed by atoms with Crippen molar-refractivity contribution in [3.8, 4) is 0 Å². The number of nitrogens with zero attached hydrogens (tertiary/aromatic N) is 2. The molecule has 100 valence electrons. The molecular formula is C13H13ClN2O3. The van der Waals surface area contributed by atoms with Crippen LogP contribution in [0.15, 0.2) is 28.8 Å². The van der Waals surface area contributed by atoms with Crippen LogP contribution in [0.3, 0.4) is 0 Å². The summed E-state index contributed by atoms with van der Waals surface area (Å²) in [5.74, 6) is -0.455. The van der Waals surface area contributed by atoms with Crippen LogP contribution in [0.5, 0.6) is 0 Å². The summed E-state index contributed by atoms with van der Waals surface area (Å²) in [7, 11) is 0. The molecule has 6 heteroatoms. The minimum Gasteiger partial charge on any atom is -0.465 e. The second-order valence-electron chi connectivity index (χ2n) is 3.92. The summed E-state index contributed by atoms with van der Waals surface area (Å²) >= 11 is 5.84. The number of carbonyl (C=O) groups is 1. The molecule has 1 aromatic carbocycles. The first kappa shape index (κ1) is 13.5. The van der Waals surface area contributed by atoms with Crippen LogP contribution in [-0.4, -0.2) is 22.7 Å². The first-order valence-electron chi connectivity index (χ1n) is 5.84. The summed E-state index contributed by atoms with van der Waals surface area (Å²) in [4.78, 5) is 16.2. The maximum absolute atomic E-state index is 12.1. The van der Waals surface area contributed by atoms with Crippen molar-refractivity contribution in [1.82, 2.24) is 10.1 Å². The molecule has 0 fully saturated rings. The monoisotopic (exact) mass is 280 g/mol. The van der Waals surface area contributed by atoms with E-state index in [9.17, 15) is 4.79 Å². The highest BCUT2D eigenvalue weighted by molar-refractivity contribution is 6.30. The van der Waals surface area contributed by atoms with Crippen LogP contribution in [-0.2, 0) is 9.53 Å². The number of benzene rings is 1. The van der Waals surface area contributed by atoms with E-state index in [0.717, 1.165) is 0 Å². The third-order valence-electron chi connectivity index (χ3n) is 2.52. The van der Waals surface area contributed by atoms with E-state index >= 15 is 0 Å². The molecule has 0 saturated heterocycles. The number of hydrogen-bond acceptors (Lipinski definition) is 5. The minimum absolute atomic E-state index is 0.221. The number of hydrogen-bond donors (Lipinski definition) is 0. The lowest BCUT2D eigenvalue weighted by molar-refractivity contribution is -0.144. The summed E-state index contributed by atoms with van der Waals surface area (Å²) < 4.78 is 10.1. The van der Waals surface area contributed by atoms with E-state index in [1.807, 2.05) is 0 Å². The van der Waals surface area contributed by atoms with Gasteiger partial charge in [0.1, 0.15) is 0 Å². The quantitative estimate of drug-likeness (QED) is 0.806. The van der Waals surface area contributed by atoms with E-state index in [1.165, 1.54) is 0 Å². The minimum atomic E-state index is -0.724. The summed E-state index contributed by atoms with van der Waals surface area (Å²) in [6.07, 6.45) is 0. The second-order valence-corrected chi connectivity index (χ2v) is 4.35. The summed E-state index contributed by atoms with van der Waals surface area (Å²) in [6, 6.07) is 6.88. The number of carbonyl (C=O) groups excluding carboxylic acids is 1. The summed E-state index contributed by atoms with van der Waals surface area (Å²) in [5.41, 5.74) is 0.700. The van der Waals surface area contributed by atoms with Gasteiger partial charge in [-0.05, 0) is 31.5 Å². The number of halogens is 1. The van der Waals surface area contributed by atoms with E-state index in [1.54, 1.807) is 38.1 Å². The third kappa shape index (κ3) is 3.12. The van der Waals surface area contributed by atoms with Crippen LogP contribution >= 0.6 is 11.6 Å². The molecule has 0 aliphatic rings. The molecule has 0 saturated carbocycles. The first-order chi connectivity index (χ1) is 9.11. The van der Waals surface area contributed by atoms with Gasteiger partial charge < -0.3 is 9.26 Å². The number of rotatable bonds is 4. The van der Waals surface area contributed by atoms with Gasteiger partial charge in [-0.3, -0.25) is 4.79 Å². The van der Waals surface area contributed by atoms with E-state index in [2.05, 4.69) is 10.1 Å². The zero-order chi connectivity index (χ0) is 13.8. The second kappa shape index (κ2) is 5.84. The molecule has 5 nitrogen and oxygen atoms in total. The van der Waals surface area contributed by atoms with Gasteiger partial charge in [-0.2, -0.15) is 4.98 Å². The number of aryl methyl sites for hydroxylation is 1. The van der Waals surface area contributed by atoms with Gasteiger partial charge in [-0.1, -0.05) is 28.9 Å². The highest BCUT2D eigenvalue weighted by atomic mass is 35.5. The Morgan fingerprint density at radius 3 is 2.63 bits per heavy atom. The highest BCUT2D eigenvalue weighted by Crippen LogP contribution is 2.26. The maximum Gasteiger partial charge on any atom is 0.323 e.